The summed E-state index contributed by atoms with van der Waals surface area (Å²) in [4.78, 5) is 21.8. The lowest BCUT2D eigenvalue weighted by Crippen LogP contribution is -2.01. The summed E-state index contributed by atoms with van der Waals surface area (Å²) in [6, 6.07) is 11.1. The van der Waals surface area contributed by atoms with Crippen molar-refractivity contribution in [1.29, 1.82) is 0 Å². The van der Waals surface area contributed by atoms with Gasteiger partial charge in [-0.15, -0.1) is 0 Å². The topological polar surface area (TPSA) is 69.4 Å². The monoisotopic (exact) mass is 291 g/mol. The standard InChI is InChI=1S/C14H10ClNO4/c1-9(17)11-7-12(15)14(8-13(11)16(18)19)20-10-5-3-2-4-6-10/h2-8H,1H3. The number of Topliss-reactive ketones (excluding diaryl/α,β-unsaturated/α-hetero) is 1. The lowest BCUT2D eigenvalue weighted by atomic mass is 10.1. The summed E-state index contributed by atoms with van der Waals surface area (Å²) >= 11 is 6.00. The highest BCUT2D eigenvalue weighted by molar-refractivity contribution is 6.32. The maximum atomic E-state index is 11.4. The molecule has 0 heterocycles. The van der Waals surface area contributed by atoms with Gasteiger partial charge in [0.1, 0.15) is 5.75 Å². The van der Waals surface area contributed by atoms with Gasteiger partial charge in [-0.1, -0.05) is 29.8 Å². The molecule has 0 atom stereocenters. The van der Waals surface area contributed by atoms with Crippen molar-refractivity contribution in [3.63, 3.8) is 0 Å². The number of nitrogens with zero attached hydrogens (tertiary/aromatic N) is 1. The minimum Gasteiger partial charge on any atom is -0.456 e. The van der Waals surface area contributed by atoms with E-state index < -0.39 is 10.7 Å². The quantitative estimate of drug-likeness (QED) is 0.480. The highest BCUT2D eigenvalue weighted by atomic mass is 35.5. The average Bonchev–Trinajstić information content (AvgIpc) is 2.41. The maximum Gasteiger partial charge on any atom is 0.284 e. The predicted molar refractivity (Wildman–Crippen MR) is 74.6 cm³/mol. The minimum absolute atomic E-state index is 0.0413. The smallest absolute Gasteiger partial charge is 0.284 e. The maximum absolute atomic E-state index is 11.4. The number of nitro groups is 1. The van der Waals surface area contributed by atoms with Crippen molar-refractivity contribution < 1.29 is 14.5 Å². The van der Waals surface area contributed by atoms with E-state index in [-0.39, 0.29) is 22.0 Å². The van der Waals surface area contributed by atoms with Crippen LogP contribution in [0, 0.1) is 10.1 Å². The number of ketones is 1. The number of benzene rings is 2. The fraction of sp³-hybridized carbons (Fsp3) is 0.0714. The van der Waals surface area contributed by atoms with Crippen LogP contribution in [0.25, 0.3) is 0 Å². The van der Waals surface area contributed by atoms with E-state index in [0.29, 0.717) is 5.75 Å². The molecule has 0 radical (unpaired) electrons. The normalized spacial score (nSPS) is 10.1. The summed E-state index contributed by atoms with van der Waals surface area (Å²) in [6.07, 6.45) is 0. The summed E-state index contributed by atoms with van der Waals surface area (Å²) in [5.74, 6) is 0.207. The molecule has 0 fully saturated rings. The highest BCUT2D eigenvalue weighted by Gasteiger charge is 2.21. The van der Waals surface area contributed by atoms with Crippen LogP contribution in [0.4, 0.5) is 5.69 Å². The molecule has 0 spiro atoms. The SMILES string of the molecule is CC(=O)c1cc(Cl)c(Oc2ccccc2)cc1[N+](=O)[O-]. The van der Waals surface area contributed by atoms with Crippen LogP contribution in [-0.4, -0.2) is 10.7 Å². The molecule has 0 N–H and O–H groups in total. The number of hydrogen-bond acceptors (Lipinski definition) is 4. The van der Waals surface area contributed by atoms with Gasteiger partial charge in [-0.3, -0.25) is 14.9 Å². The molecule has 2 aromatic carbocycles. The summed E-state index contributed by atoms with van der Waals surface area (Å²) in [5, 5.41) is 11.1. The number of carbonyl (C=O) groups is 1. The van der Waals surface area contributed by atoms with Gasteiger partial charge in [0.25, 0.3) is 5.69 Å². The molecular weight excluding hydrogens is 282 g/mol. The minimum atomic E-state index is -0.634. The van der Waals surface area contributed by atoms with Gasteiger partial charge in [-0.05, 0) is 25.1 Å². The van der Waals surface area contributed by atoms with E-state index in [9.17, 15) is 14.9 Å². The Hall–Kier alpha value is -2.40. The van der Waals surface area contributed by atoms with Gasteiger partial charge in [0.05, 0.1) is 21.6 Å². The molecule has 0 aromatic heterocycles. The molecule has 0 amide bonds. The van der Waals surface area contributed by atoms with Crippen LogP contribution in [0.5, 0.6) is 11.5 Å². The average molecular weight is 292 g/mol. The fourth-order valence-electron chi connectivity index (χ4n) is 1.67. The Bertz CT molecular complexity index is 670. The Morgan fingerprint density at radius 1 is 1.25 bits per heavy atom. The van der Waals surface area contributed by atoms with E-state index in [4.69, 9.17) is 16.3 Å². The first-order valence-electron chi connectivity index (χ1n) is 5.71. The van der Waals surface area contributed by atoms with Gasteiger partial charge in [0, 0.05) is 0 Å². The van der Waals surface area contributed by atoms with Crippen LogP contribution in [0.2, 0.25) is 5.02 Å². The molecule has 2 rings (SSSR count). The Balaban J connectivity index is 2.47. The number of nitro benzene ring substituents is 1. The summed E-state index contributed by atoms with van der Waals surface area (Å²) in [5.41, 5.74) is -0.367. The zero-order valence-corrected chi connectivity index (χ0v) is 11.3. The zero-order valence-electron chi connectivity index (χ0n) is 10.5. The van der Waals surface area contributed by atoms with Gasteiger partial charge in [-0.2, -0.15) is 0 Å². The van der Waals surface area contributed by atoms with Crippen molar-refractivity contribution in [2.75, 3.05) is 0 Å². The molecule has 0 bridgehead atoms. The number of hydrogen-bond donors (Lipinski definition) is 0. The van der Waals surface area contributed by atoms with Crippen LogP contribution in [0.3, 0.4) is 0 Å². The van der Waals surface area contributed by atoms with Crippen LogP contribution in [0.15, 0.2) is 42.5 Å². The molecule has 5 nitrogen and oxygen atoms in total. The molecule has 0 saturated heterocycles. The molecule has 0 aliphatic rings. The number of rotatable bonds is 4. The first-order chi connectivity index (χ1) is 9.49. The van der Waals surface area contributed by atoms with Gasteiger partial charge in [0.2, 0.25) is 0 Å². The van der Waals surface area contributed by atoms with Crippen molar-refractivity contribution in [3.8, 4) is 11.5 Å². The van der Waals surface area contributed by atoms with E-state index in [1.807, 2.05) is 6.07 Å². The Kier molecular flexibility index (Phi) is 4.00. The van der Waals surface area contributed by atoms with E-state index >= 15 is 0 Å². The molecule has 0 saturated carbocycles. The van der Waals surface area contributed by atoms with Crippen molar-refractivity contribution in [2.24, 2.45) is 0 Å². The van der Waals surface area contributed by atoms with E-state index in [2.05, 4.69) is 0 Å². The van der Waals surface area contributed by atoms with Gasteiger partial charge in [-0.25, -0.2) is 0 Å². The highest BCUT2D eigenvalue weighted by Crippen LogP contribution is 2.35. The first-order valence-corrected chi connectivity index (χ1v) is 6.08. The molecule has 2 aromatic rings. The summed E-state index contributed by atoms with van der Waals surface area (Å²) < 4.78 is 5.49. The van der Waals surface area contributed by atoms with E-state index in [0.717, 1.165) is 6.07 Å². The zero-order chi connectivity index (χ0) is 14.7. The fourth-order valence-corrected chi connectivity index (χ4v) is 1.87. The number of ether oxygens (including phenoxy) is 1. The van der Waals surface area contributed by atoms with Crippen LogP contribution in [0.1, 0.15) is 17.3 Å². The Morgan fingerprint density at radius 2 is 1.90 bits per heavy atom. The predicted octanol–water partition coefficient (Wildman–Crippen LogP) is 4.24. The van der Waals surface area contributed by atoms with Crippen LogP contribution in [-0.2, 0) is 0 Å². The molecular formula is C14H10ClNO4. The molecule has 0 aliphatic carbocycles. The third kappa shape index (κ3) is 2.95. The third-order valence-electron chi connectivity index (χ3n) is 2.60. The first kappa shape index (κ1) is 14.0. The Morgan fingerprint density at radius 3 is 2.45 bits per heavy atom. The van der Waals surface area contributed by atoms with E-state index in [1.54, 1.807) is 24.3 Å². The number of para-hydroxylation sites is 1. The second-order valence-corrected chi connectivity index (χ2v) is 4.44. The lowest BCUT2D eigenvalue weighted by molar-refractivity contribution is -0.385. The van der Waals surface area contributed by atoms with Gasteiger partial charge in [0.15, 0.2) is 11.5 Å². The molecule has 102 valence electrons. The van der Waals surface area contributed by atoms with Crippen LogP contribution < -0.4 is 4.74 Å². The number of carbonyl (C=O) groups excluding carboxylic acids is 1. The van der Waals surface area contributed by atoms with Crippen molar-refractivity contribution in [1.82, 2.24) is 0 Å². The summed E-state index contributed by atoms with van der Waals surface area (Å²) in [6.45, 7) is 1.25. The van der Waals surface area contributed by atoms with E-state index in [1.165, 1.54) is 13.0 Å². The van der Waals surface area contributed by atoms with Gasteiger partial charge < -0.3 is 4.74 Å². The molecule has 6 heteroatoms. The largest absolute Gasteiger partial charge is 0.456 e. The molecule has 0 unspecified atom stereocenters. The van der Waals surface area contributed by atoms with Crippen molar-refractivity contribution >= 4 is 23.1 Å². The van der Waals surface area contributed by atoms with Crippen LogP contribution >= 0.6 is 11.6 Å². The number of halogens is 1. The Labute approximate surface area is 119 Å². The van der Waals surface area contributed by atoms with Crippen molar-refractivity contribution in [3.05, 3.63) is 63.2 Å². The molecule has 0 aliphatic heterocycles. The third-order valence-corrected chi connectivity index (χ3v) is 2.89. The van der Waals surface area contributed by atoms with Gasteiger partial charge >= 0.3 is 0 Å². The second kappa shape index (κ2) is 5.71. The lowest BCUT2D eigenvalue weighted by Gasteiger charge is -2.09. The second-order valence-electron chi connectivity index (χ2n) is 4.03. The van der Waals surface area contributed by atoms with Crippen molar-refractivity contribution in [2.45, 2.75) is 6.92 Å². The summed E-state index contributed by atoms with van der Waals surface area (Å²) in [7, 11) is 0. The molecule has 20 heavy (non-hydrogen) atoms.